The maximum atomic E-state index is 12.8. The van der Waals surface area contributed by atoms with Crippen LogP contribution in [0.3, 0.4) is 0 Å². The first kappa shape index (κ1) is 19.1. The van der Waals surface area contributed by atoms with Gasteiger partial charge in [-0.05, 0) is 55.2 Å². The van der Waals surface area contributed by atoms with Gasteiger partial charge in [0, 0.05) is 12.7 Å². The van der Waals surface area contributed by atoms with Crippen LogP contribution in [0, 0.1) is 0 Å². The number of hydrogen-bond donors (Lipinski definition) is 1. The second kappa shape index (κ2) is 8.00. The molecule has 0 radical (unpaired) electrons. The van der Waals surface area contributed by atoms with Crippen LogP contribution in [0.4, 0.5) is 5.69 Å². The van der Waals surface area contributed by atoms with Crippen LogP contribution in [0.1, 0.15) is 34.8 Å². The first-order chi connectivity index (χ1) is 14.1. The number of nitrogens with one attached hydrogen (secondary N) is 1. The van der Waals surface area contributed by atoms with Crippen molar-refractivity contribution in [1.29, 1.82) is 0 Å². The number of benzene rings is 3. The van der Waals surface area contributed by atoms with Crippen molar-refractivity contribution in [2.75, 3.05) is 19.0 Å². The van der Waals surface area contributed by atoms with E-state index in [4.69, 9.17) is 4.74 Å². The molecule has 1 aliphatic rings. The van der Waals surface area contributed by atoms with Crippen LogP contribution < -0.4 is 10.1 Å². The third-order valence-corrected chi connectivity index (χ3v) is 5.65. The molecule has 0 aromatic heterocycles. The van der Waals surface area contributed by atoms with Crippen molar-refractivity contribution >= 4 is 11.6 Å². The average molecular weight is 386 g/mol. The SMILES string of the molecule is CN1C(=O)c2ccccc2NC1(C)c1ccc(OCCCc2ccccc2)cc1. The van der Waals surface area contributed by atoms with Crippen LogP contribution in [-0.4, -0.2) is 24.5 Å². The Balaban J connectivity index is 1.41. The quantitative estimate of drug-likeness (QED) is 0.602. The molecule has 0 saturated carbocycles. The van der Waals surface area contributed by atoms with E-state index >= 15 is 0 Å². The lowest BCUT2D eigenvalue weighted by molar-refractivity contribution is 0.0615. The zero-order valence-corrected chi connectivity index (χ0v) is 16.9. The molecule has 4 heteroatoms. The van der Waals surface area contributed by atoms with Crippen molar-refractivity contribution in [2.45, 2.75) is 25.4 Å². The molecule has 3 aromatic rings. The van der Waals surface area contributed by atoms with Crippen LogP contribution in [-0.2, 0) is 12.1 Å². The Morgan fingerprint density at radius 2 is 1.62 bits per heavy atom. The Bertz CT molecular complexity index is 985. The molecule has 4 nitrogen and oxygen atoms in total. The number of fused-ring (bicyclic) bond motifs is 1. The molecule has 0 bridgehead atoms. The first-order valence-electron chi connectivity index (χ1n) is 10.0. The second-order valence-corrected chi connectivity index (χ2v) is 7.57. The molecule has 148 valence electrons. The molecule has 29 heavy (non-hydrogen) atoms. The molecule has 0 saturated heterocycles. The number of carbonyl (C=O) groups excluding carboxylic acids is 1. The van der Waals surface area contributed by atoms with Crippen molar-refractivity contribution in [3.63, 3.8) is 0 Å². The van der Waals surface area contributed by atoms with Crippen LogP contribution in [0.5, 0.6) is 5.75 Å². The van der Waals surface area contributed by atoms with Crippen LogP contribution in [0.15, 0.2) is 78.9 Å². The monoisotopic (exact) mass is 386 g/mol. The van der Waals surface area contributed by atoms with E-state index in [2.05, 4.69) is 29.6 Å². The molecule has 4 rings (SSSR count). The molecular weight excluding hydrogens is 360 g/mol. The van der Waals surface area contributed by atoms with E-state index in [1.54, 1.807) is 4.90 Å². The number of anilines is 1. The normalized spacial score (nSPS) is 18.1. The highest BCUT2D eigenvalue weighted by Crippen LogP contribution is 2.37. The van der Waals surface area contributed by atoms with E-state index in [0.717, 1.165) is 29.8 Å². The summed E-state index contributed by atoms with van der Waals surface area (Å²) in [5, 5.41) is 3.52. The predicted octanol–water partition coefficient (Wildman–Crippen LogP) is 5.07. The minimum atomic E-state index is -0.614. The van der Waals surface area contributed by atoms with Gasteiger partial charge in [-0.1, -0.05) is 54.6 Å². The summed E-state index contributed by atoms with van der Waals surface area (Å²) >= 11 is 0. The number of rotatable bonds is 6. The zero-order chi connectivity index (χ0) is 20.3. The summed E-state index contributed by atoms with van der Waals surface area (Å²) in [6.45, 7) is 2.70. The summed E-state index contributed by atoms with van der Waals surface area (Å²) in [5.41, 5.74) is 3.29. The molecule has 0 spiro atoms. The molecular formula is C25H26N2O2. The fraction of sp³-hybridized carbons (Fsp3) is 0.240. The molecule has 1 N–H and O–H groups in total. The van der Waals surface area contributed by atoms with E-state index in [0.29, 0.717) is 12.2 Å². The maximum Gasteiger partial charge on any atom is 0.257 e. The summed E-state index contributed by atoms with van der Waals surface area (Å²) in [4.78, 5) is 14.6. The molecule has 0 aliphatic carbocycles. The van der Waals surface area contributed by atoms with Gasteiger partial charge in [0.2, 0.25) is 0 Å². The number of amides is 1. The first-order valence-corrected chi connectivity index (χ1v) is 10.0. The van der Waals surface area contributed by atoms with Crippen molar-refractivity contribution < 1.29 is 9.53 Å². The summed E-state index contributed by atoms with van der Waals surface area (Å²) in [6, 6.07) is 26.1. The molecule has 1 amide bonds. The maximum absolute atomic E-state index is 12.8. The lowest BCUT2D eigenvalue weighted by atomic mass is 9.94. The number of aryl methyl sites for hydroxylation is 1. The van der Waals surface area contributed by atoms with Gasteiger partial charge in [0.1, 0.15) is 11.4 Å². The van der Waals surface area contributed by atoms with E-state index in [1.165, 1.54) is 5.56 Å². The van der Waals surface area contributed by atoms with E-state index in [1.807, 2.05) is 68.6 Å². The number of hydrogen-bond acceptors (Lipinski definition) is 3. The third-order valence-electron chi connectivity index (χ3n) is 5.65. The number of ether oxygens (including phenoxy) is 1. The standard InChI is InChI=1S/C25H26N2O2/c1-25(26-23-13-7-6-12-22(23)24(28)27(25)2)20-14-16-21(17-15-20)29-18-8-11-19-9-4-3-5-10-19/h3-7,9-10,12-17,26H,8,11,18H2,1-2H3. The van der Waals surface area contributed by atoms with Crippen molar-refractivity contribution in [3.05, 3.63) is 95.6 Å². The van der Waals surface area contributed by atoms with E-state index in [9.17, 15) is 4.79 Å². The van der Waals surface area contributed by atoms with Gasteiger partial charge >= 0.3 is 0 Å². The van der Waals surface area contributed by atoms with Gasteiger partial charge in [0.25, 0.3) is 5.91 Å². The number of nitrogens with zero attached hydrogens (tertiary/aromatic N) is 1. The van der Waals surface area contributed by atoms with Crippen LogP contribution >= 0.6 is 0 Å². The Labute approximate surface area is 172 Å². The van der Waals surface area contributed by atoms with E-state index in [-0.39, 0.29) is 5.91 Å². The second-order valence-electron chi connectivity index (χ2n) is 7.57. The Morgan fingerprint density at radius 3 is 2.38 bits per heavy atom. The Hall–Kier alpha value is -3.27. The lowest BCUT2D eigenvalue weighted by Gasteiger charge is -2.44. The summed E-state index contributed by atoms with van der Waals surface area (Å²) in [6.07, 6.45) is 1.98. The Kier molecular flexibility index (Phi) is 5.26. The largest absolute Gasteiger partial charge is 0.494 e. The van der Waals surface area contributed by atoms with Gasteiger partial charge in [-0.2, -0.15) is 0 Å². The molecule has 1 atom stereocenters. The van der Waals surface area contributed by atoms with Crippen molar-refractivity contribution in [1.82, 2.24) is 4.90 Å². The van der Waals surface area contributed by atoms with Gasteiger partial charge in [0.05, 0.1) is 12.2 Å². The predicted molar refractivity (Wildman–Crippen MR) is 116 cm³/mol. The van der Waals surface area contributed by atoms with Gasteiger partial charge in [-0.25, -0.2) is 0 Å². The third kappa shape index (κ3) is 3.83. The fourth-order valence-corrected chi connectivity index (χ4v) is 3.76. The van der Waals surface area contributed by atoms with Gasteiger partial charge in [0.15, 0.2) is 0 Å². The highest BCUT2D eigenvalue weighted by atomic mass is 16.5. The lowest BCUT2D eigenvalue weighted by Crippen LogP contribution is -2.53. The average Bonchev–Trinajstić information content (AvgIpc) is 2.76. The smallest absolute Gasteiger partial charge is 0.257 e. The summed E-state index contributed by atoms with van der Waals surface area (Å²) in [7, 11) is 1.83. The molecule has 1 aliphatic heterocycles. The zero-order valence-electron chi connectivity index (χ0n) is 16.9. The molecule has 3 aromatic carbocycles. The van der Waals surface area contributed by atoms with E-state index < -0.39 is 5.66 Å². The molecule has 0 fully saturated rings. The minimum absolute atomic E-state index is 0.0167. The summed E-state index contributed by atoms with van der Waals surface area (Å²) < 4.78 is 5.91. The highest BCUT2D eigenvalue weighted by molar-refractivity contribution is 6.02. The molecule has 1 heterocycles. The topological polar surface area (TPSA) is 41.6 Å². The highest BCUT2D eigenvalue weighted by Gasteiger charge is 2.40. The van der Waals surface area contributed by atoms with Crippen molar-refractivity contribution in [3.8, 4) is 5.75 Å². The van der Waals surface area contributed by atoms with Gasteiger partial charge in [-0.3, -0.25) is 4.79 Å². The van der Waals surface area contributed by atoms with Gasteiger partial charge < -0.3 is 15.0 Å². The van der Waals surface area contributed by atoms with Gasteiger partial charge in [-0.15, -0.1) is 0 Å². The fourth-order valence-electron chi connectivity index (χ4n) is 3.76. The minimum Gasteiger partial charge on any atom is -0.494 e. The van der Waals surface area contributed by atoms with Crippen LogP contribution in [0.25, 0.3) is 0 Å². The number of para-hydroxylation sites is 1. The Morgan fingerprint density at radius 1 is 0.931 bits per heavy atom. The summed E-state index contributed by atoms with van der Waals surface area (Å²) in [5.74, 6) is 0.860. The van der Waals surface area contributed by atoms with Crippen LogP contribution in [0.2, 0.25) is 0 Å². The molecule has 1 unspecified atom stereocenters. The van der Waals surface area contributed by atoms with Crippen molar-refractivity contribution in [2.24, 2.45) is 0 Å². The number of carbonyl (C=O) groups is 1.